The fourth-order valence-electron chi connectivity index (χ4n) is 1.74. The summed E-state index contributed by atoms with van der Waals surface area (Å²) < 4.78 is 15.9. The third-order valence-corrected chi connectivity index (χ3v) is 4.34. The van der Waals surface area contributed by atoms with E-state index in [4.69, 9.17) is 0 Å². The molecule has 2 aromatic rings. The van der Waals surface area contributed by atoms with Crippen molar-refractivity contribution >= 4 is 59.2 Å². The minimum absolute atomic E-state index is 0.261. The summed E-state index contributed by atoms with van der Waals surface area (Å²) in [5.41, 5.74) is 1.01. The van der Waals surface area contributed by atoms with Crippen molar-refractivity contribution < 1.29 is 9.31 Å². The minimum Gasteiger partial charge on any atom is -0.379 e. The monoisotopic (exact) mass is 480 g/mol. The van der Waals surface area contributed by atoms with Gasteiger partial charge in [-0.2, -0.15) is 0 Å². The summed E-state index contributed by atoms with van der Waals surface area (Å²) in [5.74, 6) is -0.630. The number of non-ortho nitro benzene ring substituents is 1. The maximum absolute atomic E-state index is 13.4. The number of halogens is 4. The van der Waals surface area contributed by atoms with Crippen molar-refractivity contribution in [2.75, 3.05) is 5.32 Å². The molecule has 0 saturated carbocycles. The predicted octanol–water partition coefficient (Wildman–Crippen LogP) is 5.63. The van der Waals surface area contributed by atoms with E-state index in [0.717, 1.165) is 25.2 Å². The van der Waals surface area contributed by atoms with Crippen molar-refractivity contribution in [1.82, 2.24) is 0 Å². The number of nitrogens with one attached hydrogen (secondary N) is 1. The Hall–Kier alpha value is -0.990. The fraction of sp³-hybridized carbons (Fsp3) is 0.0769. The van der Waals surface area contributed by atoms with Gasteiger partial charge in [-0.15, -0.1) is 0 Å². The maximum atomic E-state index is 13.4. The SMILES string of the molecule is O=[N+]([O-])c1cc(F)cc(CNc2c(Br)cc(Br)cc2Br)c1. The number of nitro groups is 1. The second kappa shape index (κ2) is 6.85. The molecule has 0 amide bonds. The molecule has 0 unspecified atom stereocenters. The molecule has 0 aliphatic carbocycles. The molecule has 21 heavy (non-hydrogen) atoms. The van der Waals surface area contributed by atoms with E-state index in [0.29, 0.717) is 5.56 Å². The first-order valence-electron chi connectivity index (χ1n) is 5.69. The van der Waals surface area contributed by atoms with Gasteiger partial charge in [-0.1, -0.05) is 15.9 Å². The standard InChI is InChI=1S/C13H8Br3FN2O2/c14-8-3-11(15)13(12(16)4-8)18-6-7-1-9(17)5-10(2-7)19(20)21/h1-5,18H,6H2. The normalized spacial score (nSPS) is 10.5. The lowest BCUT2D eigenvalue weighted by Crippen LogP contribution is -2.02. The summed E-state index contributed by atoms with van der Waals surface area (Å²) in [7, 11) is 0. The van der Waals surface area contributed by atoms with Crippen LogP contribution in [0.15, 0.2) is 43.7 Å². The highest BCUT2D eigenvalue weighted by Gasteiger charge is 2.11. The van der Waals surface area contributed by atoms with Crippen LogP contribution in [0, 0.1) is 15.9 Å². The number of hydrogen-bond acceptors (Lipinski definition) is 3. The lowest BCUT2D eigenvalue weighted by Gasteiger charge is -2.11. The van der Waals surface area contributed by atoms with Gasteiger partial charge >= 0.3 is 0 Å². The number of anilines is 1. The smallest absolute Gasteiger partial charge is 0.272 e. The Balaban J connectivity index is 2.23. The maximum Gasteiger partial charge on any atom is 0.272 e. The number of nitrogens with zero attached hydrogens (tertiary/aromatic N) is 1. The van der Waals surface area contributed by atoms with E-state index in [9.17, 15) is 14.5 Å². The highest BCUT2D eigenvalue weighted by atomic mass is 79.9. The molecule has 4 nitrogen and oxygen atoms in total. The first-order chi connectivity index (χ1) is 9.86. The summed E-state index contributed by atoms with van der Waals surface area (Å²) in [6.07, 6.45) is 0. The number of benzene rings is 2. The average molecular weight is 483 g/mol. The van der Waals surface area contributed by atoms with E-state index in [1.54, 1.807) is 0 Å². The van der Waals surface area contributed by atoms with Crippen LogP contribution in [0.1, 0.15) is 5.56 Å². The van der Waals surface area contributed by atoms with Crippen LogP contribution in [0.2, 0.25) is 0 Å². The average Bonchev–Trinajstić information content (AvgIpc) is 2.36. The molecule has 0 fully saturated rings. The zero-order valence-electron chi connectivity index (χ0n) is 10.4. The van der Waals surface area contributed by atoms with Crippen molar-refractivity contribution in [3.8, 4) is 0 Å². The third-order valence-electron chi connectivity index (χ3n) is 2.63. The Morgan fingerprint density at radius 3 is 2.29 bits per heavy atom. The van der Waals surface area contributed by atoms with E-state index in [2.05, 4.69) is 53.1 Å². The summed E-state index contributed by atoms with van der Waals surface area (Å²) in [6, 6.07) is 7.23. The Bertz CT molecular complexity index is 687. The predicted molar refractivity (Wildman–Crippen MR) is 89.9 cm³/mol. The molecular weight excluding hydrogens is 475 g/mol. The van der Waals surface area contributed by atoms with Crippen LogP contribution >= 0.6 is 47.8 Å². The Morgan fingerprint density at radius 2 is 1.71 bits per heavy atom. The molecule has 2 rings (SSSR count). The second-order valence-corrected chi connectivity index (χ2v) is 6.80. The largest absolute Gasteiger partial charge is 0.379 e. The van der Waals surface area contributed by atoms with Gasteiger partial charge in [-0.25, -0.2) is 4.39 Å². The molecule has 0 aromatic heterocycles. The van der Waals surface area contributed by atoms with Gasteiger partial charge in [0.25, 0.3) is 5.69 Å². The first-order valence-corrected chi connectivity index (χ1v) is 8.07. The molecule has 0 spiro atoms. The molecule has 110 valence electrons. The molecular formula is C13H8Br3FN2O2. The highest BCUT2D eigenvalue weighted by Crippen LogP contribution is 2.34. The molecule has 0 radical (unpaired) electrons. The van der Waals surface area contributed by atoms with E-state index in [1.807, 2.05) is 12.1 Å². The van der Waals surface area contributed by atoms with Crippen LogP contribution in [-0.2, 0) is 6.54 Å². The van der Waals surface area contributed by atoms with Crippen LogP contribution in [0.4, 0.5) is 15.8 Å². The Morgan fingerprint density at radius 1 is 1.10 bits per heavy atom. The first kappa shape index (κ1) is 16.4. The summed E-state index contributed by atoms with van der Waals surface area (Å²) >= 11 is 10.2. The lowest BCUT2D eigenvalue weighted by molar-refractivity contribution is -0.385. The van der Waals surface area contributed by atoms with Crippen molar-refractivity contribution in [3.05, 3.63) is 65.2 Å². The van der Waals surface area contributed by atoms with Gasteiger partial charge in [-0.3, -0.25) is 10.1 Å². The highest BCUT2D eigenvalue weighted by molar-refractivity contribution is 9.11. The number of rotatable bonds is 4. The molecule has 0 aliphatic heterocycles. The number of nitro benzene ring substituents is 1. The van der Waals surface area contributed by atoms with Crippen molar-refractivity contribution in [2.45, 2.75) is 6.54 Å². The molecule has 2 aromatic carbocycles. The minimum atomic E-state index is -0.630. The van der Waals surface area contributed by atoms with Crippen LogP contribution < -0.4 is 5.32 Å². The van der Waals surface area contributed by atoms with Crippen molar-refractivity contribution in [3.63, 3.8) is 0 Å². The fourth-order valence-corrected chi connectivity index (χ4v) is 4.28. The van der Waals surface area contributed by atoms with E-state index >= 15 is 0 Å². The van der Waals surface area contributed by atoms with Gasteiger partial charge in [0, 0.05) is 26.0 Å². The van der Waals surface area contributed by atoms with Crippen LogP contribution in [0.5, 0.6) is 0 Å². The third kappa shape index (κ3) is 4.24. The Kier molecular flexibility index (Phi) is 5.34. The number of hydrogen-bond donors (Lipinski definition) is 1. The summed E-state index contributed by atoms with van der Waals surface area (Å²) in [5, 5.41) is 13.8. The zero-order chi connectivity index (χ0) is 15.6. The van der Waals surface area contributed by atoms with E-state index in [-0.39, 0.29) is 12.2 Å². The molecule has 0 atom stereocenters. The van der Waals surface area contributed by atoms with Crippen molar-refractivity contribution in [2.24, 2.45) is 0 Å². The molecule has 0 heterocycles. The van der Waals surface area contributed by atoms with Gasteiger partial charge in [0.1, 0.15) is 5.82 Å². The topological polar surface area (TPSA) is 55.2 Å². The molecule has 1 N–H and O–H groups in total. The van der Waals surface area contributed by atoms with E-state index < -0.39 is 10.7 Å². The quantitative estimate of drug-likeness (QED) is 0.453. The molecule has 0 bridgehead atoms. The van der Waals surface area contributed by atoms with Gasteiger partial charge in [0.05, 0.1) is 16.7 Å². The Labute approximate surface area is 145 Å². The van der Waals surface area contributed by atoms with Crippen LogP contribution in [0.25, 0.3) is 0 Å². The van der Waals surface area contributed by atoms with E-state index in [1.165, 1.54) is 12.1 Å². The van der Waals surface area contributed by atoms with Gasteiger partial charge in [0.15, 0.2) is 0 Å². The summed E-state index contributed by atoms with van der Waals surface area (Å²) in [4.78, 5) is 10.1. The second-order valence-electron chi connectivity index (χ2n) is 4.17. The van der Waals surface area contributed by atoms with Crippen molar-refractivity contribution in [1.29, 1.82) is 0 Å². The lowest BCUT2D eigenvalue weighted by atomic mass is 10.2. The van der Waals surface area contributed by atoms with Gasteiger partial charge < -0.3 is 5.32 Å². The molecule has 0 saturated heterocycles. The van der Waals surface area contributed by atoms with Crippen LogP contribution in [0.3, 0.4) is 0 Å². The van der Waals surface area contributed by atoms with Gasteiger partial charge in [0.2, 0.25) is 0 Å². The summed E-state index contributed by atoms with van der Waals surface area (Å²) in [6.45, 7) is 0.261. The van der Waals surface area contributed by atoms with Gasteiger partial charge in [-0.05, 0) is 55.6 Å². The van der Waals surface area contributed by atoms with Crippen LogP contribution in [-0.4, -0.2) is 4.92 Å². The zero-order valence-corrected chi connectivity index (χ0v) is 15.1. The molecule has 8 heteroatoms. The molecule has 0 aliphatic rings.